The topological polar surface area (TPSA) is 60.0 Å². The number of nitrogens with zero attached hydrogens (tertiary/aromatic N) is 1. The molecule has 0 bridgehead atoms. The largest absolute Gasteiger partial charge is 0.465 e. The molecule has 0 radical (unpaired) electrons. The van der Waals surface area contributed by atoms with Gasteiger partial charge < -0.3 is 9.47 Å². The van der Waals surface area contributed by atoms with Crippen LogP contribution < -0.4 is 5.48 Å². The van der Waals surface area contributed by atoms with Crippen LogP contribution in [0.3, 0.4) is 0 Å². The number of nitrogens with one attached hydrogen (secondary N) is 1. The number of ether oxygens (including phenoxy) is 2. The fourth-order valence-electron chi connectivity index (χ4n) is 2.92. The predicted molar refractivity (Wildman–Crippen MR) is 91.3 cm³/mol. The van der Waals surface area contributed by atoms with Gasteiger partial charge in [-0.15, -0.1) is 0 Å². The van der Waals surface area contributed by atoms with E-state index in [-0.39, 0.29) is 18.1 Å². The number of likely N-dealkylation sites (tertiary alicyclic amines) is 1. The summed E-state index contributed by atoms with van der Waals surface area (Å²) < 4.78 is 10.4. The molecular weight excluding hydrogens is 308 g/mol. The number of hydrogen-bond acceptors (Lipinski definition) is 6. The molecule has 6 heteroatoms. The molecule has 1 heterocycles. The zero-order valence-corrected chi connectivity index (χ0v) is 14.6. The van der Waals surface area contributed by atoms with Gasteiger partial charge in [0.15, 0.2) is 0 Å². The van der Waals surface area contributed by atoms with Gasteiger partial charge in [0, 0.05) is 26.2 Å². The van der Waals surface area contributed by atoms with Crippen molar-refractivity contribution in [2.75, 3.05) is 33.4 Å². The van der Waals surface area contributed by atoms with E-state index in [1.54, 1.807) is 7.11 Å². The third-order valence-electron chi connectivity index (χ3n) is 4.16. The second-order valence-corrected chi connectivity index (χ2v) is 5.92. The lowest BCUT2D eigenvalue weighted by Gasteiger charge is -2.38. The first-order valence-electron chi connectivity index (χ1n) is 8.55. The second-order valence-electron chi connectivity index (χ2n) is 5.92. The highest BCUT2D eigenvalue weighted by atomic mass is 16.6. The lowest BCUT2D eigenvalue weighted by molar-refractivity contribution is -0.152. The zero-order chi connectivity index (χ0) is 17.2. The average Bonchev–Trinajstić information content (AvgIpc) is 2.61. The summed E-state index contributed by atoms with van der Waals surface area (Å²) in [7, 11) is 1.67. The Morgan fingerprint density at radius 1 is 1.29 bits per heavy atom. The van der Waals surface area contributed by atoms with Gasteiger partial charge in [-0.25, -0.2) is 0 Å². The minimum absolute atomic E-state index is 0.141. The van der Waals surface area contributed by atoms with E-state index in [4.69, 9.17) is 14.3 Å². The van der Waals surface area contributed by atoms with Gasteiger partial charge >= 0.3 is 5.97 Å². The maximum Gasteiger partial charge on any atom is 0.323 e. The van der Waals surface area contributed by atoms with Crippen molar-refractivity contribution in [3.8, 4) is 0 Å². The van der Waals surface area contributed by atoms with E-state index in [0.717, 1.165) is 24.9 Å². The molecule has 2 rings (SSSR count). The van der Waals surface area contributed by atoms with Crippen LogP contribution >= 0.6 is 0 Å². The summed E-state index contributed by atoms with van der Waals surface area (Å²) in [4.78, 5) is 19.9. The molecular formula is C18H28N2O4. The van der Waals surface area contributed by atoms with Crippen molar-refractivity contribution >= 4 is 5.97 Å². The number of rotatable bonds is 9. The van der Waals surface area contributed by atoms with Gasteiger partial charge in [0.2, 0.25) is 0 Å². The number of carbonyl (C=O) groups excluding carboxylic acids is 1. The SMILES string of the molecule is CCOC(=O)[C@@H]1CC[C@@H](NOCc2ccccc2)CN1CCOC. The predicted octanol–water partition coefficient (Wildman–Crippen LogP) is 1.75. The van der Waals surface area contributed by atoms with Crippen molar-refractivity contribution in [2.24, 2.45) is 0 Å². The molecule has 1 aliphatic heterocycles. The lowest BCUT2D eigenvalue weighted by atomic mass is 9.99. The Balaban J connectivity index is 1.81. The molecule has 1 fully saturated rings. The van der Waals surface area contributed by atoms with E-state index in [1.807, 2.05) is 37.3 Å². The molecule has 0 amide bonds. The Morgan fingerprint density at radius 2 is 2.08 bits per heavy atom. The van der Waals surface area contributed by atoms with E-state index in [1.165, 1.54) is 0 Å². The molecule has 2 atom stereocenters. The third kappa shape index (κ3) is 5.87. The summed E-state index contributed by atoms with van der Waals surface area (Å²) in [6, 6.07) is 10.0. The number of methoxy groups -OCH3 is 1. The van der Waals surface area contributed by atoms with E-state index in [0.29, 0.717) is 26.4 Å². The third-order valence-corrected chi connectivity index (χ3v) is 4.16. The van der Waals surface area contributed by atoms with Crippen molar-refractivity contribution in [1.82, 2.24) is 10.4 Å². The average molecular weight is 336 g/mol. The van der Waals surface area contributed by atoms with E-state index in [2.05, 4.69) is 10.4 Å². The summed E-state index contributed by atoms with van der Waals surface area (Å²) >= 11 is 0. The summed E-state index contributed by atoms with van der Waals surface area (Å²) in [5, 5.41) is 0. The molecule has 0 aliphatic carbocycles. The van der Waals surface area contributed by atoms with E-state index >= 15 is 0 Å². The highest BCUT2D eigenvalue weighted by Crippen LogP contribution is 2.19. The highest BCUT2D eigenvalue weighted by molar-refractivity contribution is 5.75. The second kappa shape index (κ2) is 10.4. The molecule has 1 aromatic rings. The zero-order valence-electron chi connectivity index (χ0n) is 14.6. The van der Waals surface area contributed by atoms with Crippen LogP contribution in [0.25, 0.3) is 0 Å². The summed E-state index contributed by atoms with van der Waals surface area (Å²) in [5.74, 6) is -0.141. The number of benzene rings is 1. The standard InChI is InChI=1S/C18H28N2O4/c1-3-23-18(21)17-10-9-16(13-20(17)11-12-22-2)19-24-14-15-7-5-4-6-8-15/h4-8,16-17,19H,3,9-14H2,1-2H3/t16-,17+/m1/s1. The van der Waals surface area contributed by atoms with Gasteiger partial charge in [-0.3, -0.25) is 14.5 Å². The molecule has 0 aromatic heterocycles. The highest BCUT2D eigenvalue weighted by Gasteiger charge is 2.33. The Kier molecular flexibility index (Phi) is 8.18. The Morgan fingerprint density at radius 3 is 2.79 bits per heavy atom. The fourth-order valence-corrected chi connectivity index (χ4v) is 2.92. The minimum Gasteiger partial charge on any atom is -0.465 e. The number of piperidine rings is 1. The van der Waals surface area contributed by atoms with Gasteiger partial charge in [0.1, 0.15) is 6.04 Å². The van der Waals surface area contributed by atoms with Crippen LogP contribution in [-0.4, -0.2) is 56.4 Å². The molecule has 24 heavy (non-hydrogen) atoms. The van der Waals surface area contributed by atoms with Gasteiger partial charge in [-0.1, -0.05) is 30.3 Å². The molecule has 1 N–H and O–H groups in total. The molecule has 0 saturated carbocycles. The number of carbonyl (C=O) groups is 1. The van der Waals surface area contributed by atoms with Gasteiger partial charge in [0.25, 0.3) is 0 Å². The van der Waals surface area contributed by atoms with E-state index < -0.39 is 0 Å². The Bertz CT molecular complexity index is 483. The van der Waals surface area contributed by atoms with Crippen molar-refractivity contribution in [3.63, 3.8) is 0 Å². The van der Waals surface area contributed by atoms with Crippen molar-refractivity contribution < 1.29 is 19.1 Å². The number of esters is 1. The van der Waals surface area contributed by atoms with Gasteiger partial charge in [-0.2, -0.15) is 5.48 Å². The van der Waals surface area contributed by atoms with E-state index in [9.17, 15) is 4.79 Å². The molecule has 1 aromatic carbocycles. The van der Waals surface area contributed by atoms with Crippen LogP contribution in [0, 0.1) is 0 Å². The smallest absolute Gasteiger partial charge is 0.323 e. The normalized spacial score (nSPS) is 21.6. The Hall–Kier alpha value is -1.47. The molecule has 134 valence electrons. The molecule has 0 unspecified atom stereocenters. The van der Waals surface area contributed by atoms with Crippen LogP contribution in [-0.2, 0) is 25.7 Å². The monoisotopic (exact) mass is 336 g/mol. The summed E-state index contributed by atoms with van der Waals surface area (Å²) in [6.45, 7) is 4.81. The van der Waals surface area contributed by atoms with Gasteiger partial charge in [-0.05, 0) is 25.3 Å². The number of hydroxylamine groups is 1. The lowest BCUT2D eigenvalue weighted by Crippen LogP contribution is -2.54. The molecule has 6 nitrogen and oxygen atoms in total. The van der Waals surface area contributed by atoms with Crippen molar-refractivity contribution in [2.45, 2.75) is 38.5 Å². The maximum absolute atomic E-state index is 12.1. The minimum atomic E-state index is -0.188. The Labute approximate surface area is 144 Å². The van der Waals surface area contributed by atoms with Gasteiger partial charge in [0.05, 0.1) is 19.8 Å². The summed E-state index contributed by atoms with van der Waals surface area (Å²) in [5.41, 5.74) is 4.26. The van der Waals surface area contributed by atoms with Crippen molar-refractivity contribution in [3.05, 3.63) is 35.9 Å². The van der Waals surface area contributed by atoms with Crippen LogP contribution in [0.5, 0.6) is 0 Å². The molecule has 0 spiro atoms. The summed E-state index contributed by atoms with van der Waals surface area (Å²) in [6.07, 6.45) is 1.64. The maximum atomic E-state index is 12.1. The molecule has 1 saturated heterocycles. The van der Waals surface area contributed by atoms with Crippen LogP contribution in [0.4, 0.5) is 0 Å². The van der Waals surface area contributed by atoms with Crippen LogP contribution in [0.15, 0.2) is 30.3 Å². The first kappa shape index (κ1) is 18.9. The van der Waals surface area contributed by atoms with Crippen LogP contribution in [0.1, 0.15) is 25.3 Å². The number of hydrogen-bond donors (Lipinski definition) is 1. The first-order valence-corrected chi connectivity index (χ1v) is 8.55. The van der Waals surface area contributed by atoms with Crippen LogP contribution in [0.2, 0.25) is 0 Å². The van der Waals surface area contributed by atoms with Crippen molar-refractivity contribution in [1.29, 1.82) is 0 Å². The molecule has 1 aliphatic rings. The quantitative estimate of drug-likeness (QED) is 0.548. The fraction of sp³-hybridized carbons (Fsp3) is 0.611. The first-order chi connectivity index (χ1) is 11.7.